The summed E-state index contributed by atoms with van der Waals surface area (Å²) in [6.45, 7) is 10.3. The van der Waals surface area contributed by atoms with E-state index in [0.29, 0.717) is 50.6 Å². The van der Waals surface area contributed by atoms with Crippen LogP contribution in [0, 0.1) is 37.5 Å². The first-order valence-electron chi connectivity index (χ1n) is 13.7. The number of ketones is 1. The molecular weight excluding hydrogens is 605 g/mol. The van der Waals surface area contributed by atoms with Gasteiger partial charge in [0.05, 0.1) is 28.3 Å². The van der Waals surface area contributed by atoms with Crippen molar-refractivity contribution in [2.24, 2.45) is 11.1 Å². The van der Waals surface area contributed by atoms with Crippen LogP contribution >= 0.6 is 46.6 Å². The third-order valence-electron chi connectivity index (χ3n) is 8.08. The van der Waals surface area contributed by atoms with Crippen molar-refractivity contribution in [1.82, 2.24) is 0 Å². The quantitative estimate of drug-likeness (QED) is 0.282. The predicted octanol–water partition coefficient (Wildman–Crippen LogP) is 9.81. The summed E-state index contributed by atoms with van der Waals surface area (Å²) in [5.74, 6) is 0.455. The first kappa shape index (κ1) is 30.6. The van der Waals surface area contributed by atoms with E-state index in [1.807, 2.05) is 43.0 Å². The second-order valence-electron chi connectivity index (χ2n) is 11.9. The Kier molecular flexibility index (Phi) is 8.49. The lowest BCUT2D eigenvalue weighted by atomic mass is 9.68. The first-order chi connectivity index (χ1) is 19.8. The third-order valence-corrected chi connectivity index (χ3v) is 10.1. The molecule has 0 saturated carbocycles. The first-order valence-corrected chi connectivity index (χ1v) is 15.8. The number of carbonyl (C=O) groups is 1. The van der Waals surface area contributed by atoms with Gasteiger partial charge in [-0.2, -0.15) is 5.26 Å². The Bertz CT molecular complexity index is 1730. The standard InChI is InChI=1S/C34H32Cl3N3OS/c1-18-10-21(17-42-30-13-23(36)8-9-26(30)37)20(3)24(11-18)31-25(16-38)33(39)40(27-12-22(35)7-6-19(27)2)28-14-34(4,5)15-29(41)32(28)31/h6-13,31H,14-15,17,39H2,1-5H3. The smallest absolute Gasteiger partial charge is 0.162 e. The number of allylic oxidation sites excluding steroid dienone is 3. The van der Waals surface area contributed by atoms with Gasteiger partial charge in [0.1, 0.15) is 5.82 Å². The van der Waals surface area contributed by atoms with E-state index in [1.54, 1.807) is 23.9 Å². The Labute approximate surface area is 267 Å². The molecule has 0 saturated heterocycles. The maximum atomic E-state index is 14.1. The molecule has 5 rings (SSSR count). The number of rotatable bonds is 5. The summed E-state index contributed by atoms with van der Waals surface area (Å²) in [6.07, 6.45) is 1.03. The van der Waals surface area contributed by atoms with Gasteiger partial charge in [-0.15, -0.1) is 11.8 Å². The van der Waals surface area contributed by atoms with Crippen molar-refractivity contribution < 1.29 is 4.79 Å². The largest absolute Gasteiger partial charge is 0.384 e. The second kappa shape index (κ2) is 11.7. The highest BCUT2D eigenvalue weighted by atomic mass is 35.5. The number of hydrogen-bond acceptors (Lipinski definition) is 5. The van der Waals surface area contributed by atoms with Gasteiger partial charge in [0.2, 0.25) is 0 Å². The van der Waals surface area contributed by atoms with Gasteiger partial charge < -0.3 is 5.73 Å². The van der Waals surface area contributed by atoms with Crippen molar-refractivity contribution in [3.8, 4) is 6.07 Å². The van der Waals surface area contributed by atoms with Crippen LogP contribution in [-0.4, -0.2) is 5.78 Å². The average molecular weight is 637 g/mol. The van der Waals surface area contributed by atoms with Crippen LogP contribution in [0.2, 0.25) is 15.1 Å². The van der Waals surface area contributed by atoms with Crippen LogP contribution in [0.3, 0.4) is 0 Å². The van der Waals surface area contributed by atoms with Crippen molar-refractivity contribution >= 4 is 58.0 Å². The van der Waals surface area contributed by atoms with Crippen LogP contribution in [0.5, 0.6) is 0 Å². The summed E-state index contributed by atoms with van der Waals surface area (Å²) in [7, 11) is 0. The number of Topliss-reactive ketones (excluding diaryl/α,β-unsaturated/α-hetero) is 1. The molecule has 2 N–H and O–H groups in total. The number of aryl methyl sites for hydroxylation is 2. The minimum Gasteiger partial charge on any atom is -0.384 e. The van der Waals surface area contributed by atoms with Crippen LogP contribution in [0.15, 0.2) is 76.1 Å². The van der Waals surface area contributed by atoms with Gasteiger partial charge in [0.25, 0.3) is 0 Å². The van der Waals surface area contributed by atoms with E-state index in [2.05, 4.69) is 39.0 Å². The van der Waals surface area contributed by atoms with Gasteiger partial charge in [0, 0.05) is 38.4 Å². The molecule has 216 valence electrons. The van der Waals surface area contributed by atoms with Gasteiger partial charge >= 0.3 is 0 Å². The molecule has 1 atom stereocenters. The fraction of sp³-hybridized carbons (Fsp3) is 0.294. The number of benzene rings is 3. The Morgan fingerprint density at radius 1 is 1.02 bits per heavy atom. The van der Waals surface area contributed by atoms with E-state index in [1.165, 1.54) is 0 Å². The van der Waals surface area contributed by atoms with E-state index in [-0.39, 0.29) is 11.2 Å². The van der Waals surface area contributed by atoms with Gasteiger partial charge in [-0.1, -0.05) is 72.4 Å². The fourth-order valence-corrected chi connectivity index (χ4v) is 7.79. The molecular formula is C34H32Cl3N3OS. The summed E-state index contributed by atoms with van der Waals surface area (Å²) in [5.41, 5.74) is 14.3. The molecule has 0 bridgehead atoms. The van der Waals surface area contributed by atoms with E-state index >= 15 is 0 Å². The second-order valence-corrected chi connectivity index (χ2v) is 14.2. The summed E-state index contributed by atoms with van der Waals surface area (Å²) in [5, 5.41) is 12.4. The van der Waals surface area contributed by atoms with Crippen LogP contribution in [0.1, 0.15) is 60.4 Å². The molecule has 1 heterocycles. The molecule has 3 aromatic carbocycles. The van der Waals surface area contributed by atoms with Crippen LogP contribution in [-0.2, 0) is 10.5 Å². The number of nitriles is 1. The highest BCUT2D eigenvalue weighted by molar-refractivity contribution is 7.98. The lowest BCUT2D eigenvalue weighted by Gasteiger charge is -2.44. The molecule has 2 aliphatic rings. The topological polar surface area (TPSA) is 70.1 Å². The maximum absolute atomic E-state index is 14.1. The monoisotopic (exact) mass is 635 g/mol. The molecule has 0 radical (unpaired) electrons. The van der Waals surface area contributed by atoms with E-state index in [9.17, 15) is 10.1 Å². The normalized spacial score (nSPS) is 18.3. The summed E-state index contributed by atoms with van der Waals surface area (Å²) >= 11 is 20.7. The maximum Gasteiger partial charge on any atom is 0.162 e. The molecule has 8 heteroatoms. The van der Waals surface area contributed by atoms with Crippen LogP contribution in [0.4, 0.5) is 5.69 Å². The number of halogens is 3. The van der Waals surface area contributed by atoms with E-state index < -0.39 is 5.92 Å². The van der Waals surface area contributed by atoms with Crippen LogP contribution in [0.25, 0.3) is 0 Å². The molecule has 0 amide bonds. The number of anilines is 1. The molecule has 3 aromatic rings. The molecule has 42 heavy (non-hydrogen) atoms. The third kappa shape index (κ3) is 5.71. The molecule has 0 fully saturated rings. The molecule has 0 aromatic heterocycles. The Hall–Kier alpha value is -2.88. The Morgan fingerprint density at radius 2 is 1.71 bits per heavy atom. The SMILES string of the molecule is Cc1cc(CSc2cc(Cl)ccc2Cl)c(C)c(C2C(C#N)=C(N)N(c3cc(Cl)ccc3C)C3=C2C(=O)CC(C)(C)C3)c1. The Morgan fingerprint density at radius 3 is 2.43 bits per heavy atom. The average Bonchev–Trinajstić information content (AvgIpc) is 2.91. The molecule has 1 aliphatic heterocycles. The number of hydrogen-bond donors (Lipinski definition) is 1. The lowest BCUT2D eigenvalue weighted by Crippen LogP contribution is -2.42. The number of thioether (sulfide) groups is 1. The molecule has 0 spiro atoms. The minimum absolute atomic E-state index is 0.0405. The van der Waals surface area contributed by atoms with Gasteiger partial charge in [0.15, 0.2) is 5.78 Å². The van der Waals surface area contributed by atoms with Gasteiger partial charge in [-0.25, -0.2) is 0 Å². The summed E-state index contributed by atoms with van der Waals surface area (Å²) in [6, 6.07) is 17.7. The van der Waals surface area contributed by atoms with Crippen molar-refractivity contribution in [1.29, 1.82) is 5.26 Å². The fourth-order valence-electron chi connectivity index (χ4n) is 6.08. The zero-order chi connectivity index (χ0) is 30.5. The Balaban J connectivity index is 1.69. The number of carbonyl (C=O) groups excluding carboxylic acids is 1. The van der Waals surface area contributed by atoms with Crippen molar-refractivity contribution in [3.63, 3.8) is 0 Å². The predicted molar refractivity (Wildman–Crippen MR) is 175 cm³/mol. The summed E-state index contributed by atoms with van der Waals surface area (Å²) < 4.78 is 0. The highest BCUT2D eigenvalue weighted by Crippen LogP contribution is 2.51. The van der Waals surface area contributed by atoms with Crippen molar-refractivity contribution in [2.45, 2.75) is 64.0 Å². The van der Waals surface area contributed by atoms with Crippen LogP contribution < -0.4 is 10.6 Å². The number of nitrogens with zero attached hydrogens (tertiary/aromatic N) is 2. The van der Waals surface area contributed by atoms with E-state index in [0.717, 1.165) is 44.1 Å². The molecule has 4 nitrogen and oxygen atoms in total. The zero-order valence-electron chi connectivity index (χ0n) is 24.2. The zero-order valence-corrected chi connectivity index (χ0v) is 27.3. The molecule has 1 aliphatic carbocycles. The summed E-state index contributed by atoms with van der Waals surface area (Å²) in [4.78, 5) is 16.9. The minimum atomic E-state index is -0.567. The lowest BCUT2D eigenvalue weighted by molar-refractivity contribution is -0.118. The van der Waals surface area contributed by atoms with Crippen molar-refractivity contribution in [2.75, 3.05) is 4.90 Å². The van der Waals surface area contributed by atoms with Gasteiger partial charge in [-0.3, -0.25) is 9.69 Å². The van der Waals surface area contributed by atoms with Gasteiger partial charge in [-0.05, 0) is 85.2 Å². The molecule has 1 unspecified atom stereocenters. The highest BCUT2D eigenvalue weighted by Gasteiger charge is 2.45. The number of nitrogens with two attached hydrogens (primary N) is 1. The van der Waals surface area contributed by atoms with Crippen molar-refractivity contribution in [3.05, 3.63) is 114 Å². The van der Waals surface area contributed by atoms with E-state index in [4.69, 9.17) is 40.5 Å².